The normalized spacial score (nSPS) is 21.2. The number of furan rings is 1. The first-order chi connectivity index (χ1) is 11.5. The van der Waals surface area contributed by atoms with Gasteiger partial charge in [0.25, 0.3) is 5.91 Å². The summed E-state index contributed by atoms with van der Waals surface area (Å²) in [5, 5.41) is 10.1. The van der Waals surface area contributed by atoms with Crippen molar-refractivity contribution in [1.82, 2.24) is 4.90 Å². The van der Waals surface area contributed by atoms with Crippen molar-refractivity contribution in [2.75, 3.05) is 20.2 Å². The predicted molar refractivity (Wildman–Crippen MR) is 87.7 cm³/mol. The Morgan fingerprint density at radius 1 is 1.33 bits per heavy atom. The fourth-order valence-electron chi connectivity index (χ4n) is 3.40. The first-order valence-corrected chi connectivity index (χ1v) is 8.02. The molecule has 1 aliphatic heterocycles. The molecule has 1 aliphatic rings. The lowest BCUT2D eigenvalue weighted by Gasteiger charge is -2.34. The van der Waals surface area contributed by atoms with Crippen LogP contribution in [0.15, 0.2) is 28.7 Å². The molecule has 2 heterocycles. The van der Waals surface area contributed by atoms with Crippen molar-refractivity contribution in [3.8, 4) is 0 Å². The lowest BCUT2D eigenvalue weighted by Crippen LogP contribution is -2.45. The summed E-state index contributed by atoms with van der Waals surface area (Å²) >= 11 is 0. The van der Waals surface area contributed by atoms with Crippen LogP contribution in [-0.4, -0.2) is 42.1 Å². The summed E-state index contributed by atoms with van der Waals surface area (Å²) in [6.45, 7) is 2.97. The minimum atomic E-state index is -0.860. The Labute approximate surface area is 140 Å². The van der Waals surface area contributed by atoms with Crippen LogP contribution in [0.4, 0.5) is 0 Å². The van der Waals surface area contributed by atoms with Gasteiger partial charge in [-0.15, -0.1) is 0 Å². The zero-order chi connectivity index (χ0) is 17.3. The van der Waals surface area contributed by atoms with E-state index in [0.29, 0.717) is 24.1 Å². The second-order valence-electron chi connectivity index (χ2n) is 6.43. The number of fused-ring (bicyclic) bond motifs is 1. The van der Waals surface area contributed by atoms with Crippen molar-refractivity contribution >= 4 is 22.8 Å². The number of carbonyl (C=O) groups excluding carboxylic acids is 1. The number of piperidine rings is 1. The van der Waals surface area contributed by atoms with Crippen LogP contribution in [0.1, 0.15) is 29.5 Å². The molecular formula is C18H21NO5. The number of nitrogens with zero attached hydrogens (tertiary/aromatic N) is 1. The maximum Gasteiger partial charge on any atom is 0.308 e. The molecule has 0 saturated carbocycles. The molecule has 1 aromatic heterocycles. The Bertz CT molecular complexity index is 766. The average molecular weight is 331 g/mol. The first kappa shape index (κ1) is 16.5. The van der Waals surface area contributed by atoms with Crippen molar-refractivity contribution in [3.63, 3.8) is 0 Å². The fourth-order valence-corrected chi connectivity index (χ4v) is 3.40. The van der Waals surface area contributed by atoms with E-state index in [2.05, 4.69) is 0 Å². The molecule has 6 heteroatoms. The highest BCUT2D eigenvalue weighted by atomic mass is 16.5. The summed E-state index contributed by atoms with van der Waals surface area (Å²) in [4.78, 5) is 25.9. The molecule has 0 radical (unpaired) electrons. The number of carboxylic acids is 1. The third-order valence-electron chi connectivity index (χ3n) is 4.48. The summed E-state index contributed by atoms with van der Waals surface area (Å²) in [5.74, 6) is -1.28. The van der Waals surface area contributed by atoms with Gasteiger partial charge in [0.05, 0.1) is 12.5 Å². The van der Waals surface area contributed by atoms with Crippen molar-refractivity contribution in [2.45, 2.75) is 20.0 Å². The van der Waals surface area contributed by atoms with Crippen molar-refractivity contribution in [2.24, 2.45) is 11.8 Å². The molecule has 2 atom stereocenters. The molecule has 0 spiro atoms. The van der Waals surface area contributed by atoms with Crippen LogP contribution >= 0.6 is 0 Å². The number of hydrogen-bond acceptors (Lipinski definition) is 4. The first-order valence-electron chi connectivity index (χ1n) is 8.02. The molecular weight excluding hydrogens is 310 g/mol. The van der Waals surface area contributed by atoms with Gasteiger partial charge in [0.2, 0.25) is 0 Å². The van der Waals surface area contributed by atoms with Gasteiger partial charge in [0, 0.05) is 31.1 Å². The maximum absolute atomic E-state index is 13.0. The van der Waals surface area contributed by atoms with Crippen LogP contribution in [0.25, 0.3) is 11.0 Å². The smallest absolute Gasteiger partial charge is 0.308 e. The Hall–Kier alpha value is -2.34. The standard InChI is InChI=1S/C18H21NO5/c1-11-7-12(18(21)22)9-19(8-11)17(20)16-14(10-23-2)13-5-3-4-6-15(13)24-16/h3-6,11-12H,7-10H2,1-2H3,(H,21,22). The van der Waals surface area contributed by atoms with Crippen LogP contribution in [0.5, 0.6) is 0 Å². The third-order valence-corrected chi connectivity index (χ3v) is 4.48. The SMILES string of the molecule is COCc1c(C(=O)N2CC(C)CC(C(=O)O)C2)oc2ccccc12. The molecule has 24 heavy (non-hydrogen) atoms. The molecule has 2 unspecified atom stereocenters. The van der Waals surface area contributed by atoms with Gasteiger partial charge in [-0.1, -0.05) is 25.1 Å². The van der Waals surface area contributed by atoms with Crippen LogP contribution in [0, 0.1) is 11.8 Å². The number of benzene rings is 1. The minimum absolute atomic E-state index is 0.138. The molecule has 128 valence electrons. The Kier molecular flexibility index (Phi) is 4.57. The highest BCUT2D eigenvalue weighted by Gasteiger charge is 2.34. The van der Waals surface area contributed by atoms with Gasteiger partial charge in [0.1, 0.15) is 5.58 Å². The van der Waals surface area contributed by atoms with E-state index in [0.717, 1.165) is 5.39 Å². The second-order valence-corrected chi connectivity index (χ2v) is 6.43. The lowest BCUT2D eigenvalue weighted by atomic mass is 9.90. The second kappa shape index (κ2) is 6.65. The molecule has 3 rings (SSSR count). The molecule has 6 nitrogen and oxygen atoms in total. The van der Waals surface area contributed by atoms with Gasteiger partial charge in [-0.25, -0.2) is 0 Å². The Morgan fingerprint density at radius 2 is 2.08 bits per heavy atom. The van der Waals surface area contributed by atoms with Gasteiger partial charge in [-0.05, 0) is 18.4 Å². The van der Waals surface area contributed by atoms with Gasteiger partial charge in [-0.3, -0.25) is 9.59 Å². The summed E-state index contributed by atoms with van der Waals surface area (Å²) in [6.07, 6.45) is 0.587. The number of hydrogen-bond donors (Lipinski definition) is 1. The zero-order valence-electron chi connectivity index (χ0n) is 13.8. The van der Waals surface area contributed by atoms with Crippen LogP contribution in [0.2, 0.25) is 0 Å². The number of likely N-dealkylation sites (tertiary alicyclic amines) is 1. The number of amides is 1. The van der Waals surface area contributed by atoms with E-state index in [1.54, 1.807) is 12.0 Å². The van der Waals surface area contributed by atoms with Crippen molar-refractivity contribution < 1.29 is 23.8 Å². The fraction of sp³-hybridized carbons (Fsp3) is 0.444. The van der Waals surface area contributed by atoms with E-state index >= 15 is 0 Å². The Balaban J connectivity index is 1.95. The van der Waals surface area contributed by atoms with E-state index in [1.807, 2.05) is 31.2 Å². The molecule has 1 N–H and O–H groups in total. The number of methoxy groups -OCH3 is 1. The maximum atomic E-state index is 13.0. The van der Waals surface area contributed by atoms with Crippen molar-refractivity contribution in [3.05, 3.63) is 35.6 Å². The number of para-hydroxylation sites is 1. The van der Waals surface area contributed by atoms with Crippen LogP contribution in [-0.2, 0) is 16.1 Å². The Morgan fingerprint density at radius 3 is 2.79 bits per heavy atom. The minimum Gasteiger partial charge on any atom is -0.481 e. The number of aliphatic carboxylic acids is 1. The quantitative estimate of drug-likeness (QED) is 0.932. The molecule has 1 saturated heterocycles. The summed E-state index contributed by atoms with van der Waals surface area (Å²) in [6, 6.07) is 7.43. The third kappa shape index (κ3) is 3.01. The molecule has 1 amide bonds. The van der Waals surface area contributed by atoms with Gasteiger partial charge in [-0.2, -0.15) is 0 Å². The number of carbonyl (C=O) groups is 2. The van der Waals surface area contributed by atoms with E-state index in [-0.39, 0.29) is 30.7 Å². The number of carboxylic acid groups (broad SMARTS) is 1. The highest BCUT2D eigenvalue weighted by molar-refractivity contribution is 5.99. The van der Waals surface area contributed by atoms with Crippen molar-refractivity contribution in [1.29, 1.82) is 0 Å². The molecule has 2 aromatic rings. The van der Waals surface area contributed by atoms with Crippen LogP contribution in [0.3, 0.4) is 0 Å². The monoisotopic (exact) mass is 331 g/mol. The summed E-state index contributed by atoms with van der Waals surface area (Å²) < 4.78 is 11.0. The van der Waals surface area contributed by atoms with Gasteiger partial charge >= 0.3 is 5.97 Å². The van der Waals surface area contributed by atoms with Crippen LogP contribution < -0.4 is 0 Å². The zero-order valence-corrected chi connectivity index (χ0v) is 13.8. The molecule has 0 aliphatic carbocycles. The van der Waals surface area contributed by atoms with E-state index in [1.165, 1.54) is 0 Å². The van der Waals surface area contributed by atoms with E-state index in [4.69, 9.17) is 9.15 Å². The van der Waals surface area contributed by atoms with Gasteiger partial charge < -0.3 is 19.2 Å². The lowest BCUT2D eigenvalue weighted by molar-refractivity contribution is -0.143. The molecule has 0 bridgehead atoms. The van der Waals surface area contributed by atoms with E-state index < -0.39 is 11.9 Å². The summed E-state index contributed by atoms with van der Waals surface area (Å²) in [7, 11) is 1.57. The largest absolute Gasteiger partial charge is 0.481 e. The van der Waals surface area contributed by atoms with Gasteiger partial charge in [0.15, 0.2) is 5.76 Å². The predicted octanol–water partition coefficient (Wildman–Crippen LogP) is 2.76. The topological polar surface area (TPSA) is 80.0 Å². The highest BCUT2D eigenvalue weighted by Crippen LogP contribution is 2.30. The van der Waals surface area contributed by atoms with E-state index in [9.17, 15) is 14.7 Å². The number of ether oxygens (including phenoxy) is 1. The average Bonchev–Trinajstić information content (AvgIpc) is 2.93. The summed E-state index contributed by atoms with van der Waals surface area (Å²) in [5.41, 5.74) is 1.34. The molecule has 1 aromatic carbocycles. The molecule has 1 fully saturated rings. The number of rotatable bonds is 4.